The van der Waals surface area contributed by atoms with Gasteiger partial charge in [-0.3, -0.25) is 4.79 Å². The largest absolute Gasteiger partial charge is 0.381 e. The molecule has 2 heterocycles. The van der Waals surface area contributed by atoms with E-state index in [0.29, 0.717) is 12.6 Å². The fourth-order valence-electron chi connectivity index (χ4n) is 2.46. The summed E-state index contributed by atoms with van der Waals surface area (Å²) in [6.45, 7) is 3.35. The maximum absolute atomic E-state index is 11.8. The van der Waals surface area contributed by atoms with E-state index in [1.54, 1.807) is 0 Å². The molecule has 0 bridgehead atoms. The Hall–Kier alpha value is -0.610. The molecule has 4 heteroatoms. The summed E-state index contributed by atoms with van der Waals surface area (Å²) in [4.78, 5) is 11.8. The Balaban J connectivity index is 1.59. The second-order valence-electron chi connectivity index (χ2n) is 4.79. The van der Waals surface area contributed by atoms with Crippen LogP contribution in [0.5, 0.6) is 0 Å². The number of ether oxygens (including phenoxy) is 1. The Labute approximate surface area is 97.1 Å². The van der Waals surface area contributed by atoms with Gasteiger partial charge >= 0.3 is 0 Å². The third-order valence-electron chi connectivity index (χ3n) is 3.49. The van der Waals surface area contributed by atoms with E-state index >= 15 is 0 Å². The summed E-state index contributed by atoms with van der Waals surface area (Å²) >= 11 is 0. The van der Waals surface area contributed by atoms with Crippen LogP contribution in [0.25, 0.3) is 0 Å². The SMILES string of the molecule is O=C(NCC[C@@H]1CCCN1)C1CCCOC1. The second kappa shape index (κ2) is 6.21. The molecule has 2 rings (SSSR count). The van der Waals surface area contributed by atoms with Crippen molar-refractivity contribution in [2.45, 2.75) is 38.1 Å². The Morgan fingerprint density at radius 1 is 1.38 bits per heavy atom. The van der Waals surface area contributed by atoms with Gasteiger partial charge in [0.2, 0.25) is 5.91 Å². The van der Waals surface area contributed by atoms with Crippen LogP contribution in [-0.2, 0) is 9.53 Å². The van der Waals surface area contributed by atoms with E-state index in [9.17, 15) is 4.79 Å². The molecule has 2 aliphatic rings. The van der Waals surface area contributed by atoms with Crippen molar-refractivity contribution in [2.24, 2.45) is 5.92 Å². The average Bonchev–Trinajstić information content (AvgIpc) is 2.83. The zero-order valence-corrected chi connectivity index (χ0v) is 9.84. The average molecular weight is 226 g/mol. The Morgan fingerprint density at radius 3 is 3.00 bits per heavy atom. The third kappa shape index (κ3) is 3.46. The van der Waals surface area contributed by atoms with Gasteiger partial charge in [-0.2, -0.15) is 0 Å². The van der Waals surface area contributed by atoms with Gasteiger partial charge in [0.25, 0.3) is 0 Å². The molecule has 4 nitrogen and oxygen atoms in total. The molecule has 0 saturated carbocycles. The normalized spacial score (nSPS) is 30.2. The van der Waals surface area contributed by atoms with E-state index in [1.807, 2.05) is 0 Å². The summed E-state index contributed by atoms with van der Waals surface area (Å²) in [7, 11) is 0. The fourth-order valence-corrected chi connectivity index (χ4v) is 2.46. The van der Waals surface area contributed by atoms with Crippen molar-refractivity contribution in [3.63, 3.8) is 0 Å². The van der Waals surface area contributed by atoms with Gasteiger partial charge in [0.05, 0.1) is 12.5 Å². The molecule has 1 unspecified atom stereocenters. The van der Waals surface area contributed by atoms with Crippen molar-refractivity contribution < 1.29 is 9.53 Å². The van der Waals surface area contributed by atoms with Gasteiger partial charge in [-0.25, -0.2) is 0 Å². The topological polar surface area (TPSA) is 50.4 Å². The minimum absolute atomic E-state index is 0.0882. The van der Waals surface area contributed by atoms with Crippen LogP contribution in [-0.4, -0.2) is 38.3 Å². The van der Waals surface area contributed by atoms with Crippen LogP contribution in [0.2, 0.25) is 0 Å². The van der Waals surface area contributed by atoms with Crippen molar-refractivity contribution in [2.75, 3.05) is 26.3 Å². The third-order valence-corrected chi connectivity index (χ3v) is 3.49. The molecule has 16 heavy (non-hydrogen) atoms. The molecule has 92 valence electrons. The van der Waals surface area contributed by atoms with E-state index in [-0.39, 0.29) is 11.8 Å². The molecule has 2 N–H and O–H groups in total. The Bertz CT molecular complexity index is 221. The molecule has 0 aromatic rings. The van der Waals surface area contributed by atoms with Gasteiger partial charge < -0.3 is 15.4 Å². The number of amides is 1. The predicted molar refractivity (Wildman–Crippen MR) is 62.2 cm³/mol. The zero-order valence-electron chi connectivity index (χ0n) is 9.84. The highest BCUT2D eigenvalue weighted by molar-refractivity contribution is 5.78. The zero-order chi connectivity index (χ0) is 11.2. The van der Waals surface area contributed by atoms with Crippen molar-refractivity contribution in [1.82, 2.24) is 10.6 Å². The van der Waals surface area contributed by atoms with Gasteiger partial charge in [0, 0.05) is 19.2 Å². The summed E-state index contributed by atoms with van der Waals surface area (Å²) in [5.74, 6) is 0.267. The smallest absolute Gasteiger partial charge is 0.225 e. The molecule has 0 spiro atoms. The molecular formula is C12H22N2O2. The highest BCUT2D eigenvalue weighted by Crippen LogP contribution is 2.13. The highest BCUT2D eigenvalue weighted by Gasteiger charge is 2.21. The number of hydrogen-bond donors (Lipinski definition) is 2. The van der Waals surface area contributed by atoms with E-state index in [2.05, 4.69) is 10.6 Å². The molecule has 2 aliphatic heterocycles. The molecule has 2 fully saturated rings. The lowest BCUT2D eigenvalue weighted by Crippen LogP contribution is -2.37. The van der Waals surface area contributed by atoms with Crippen LogP contribution in [0.1, 0.15) is 32.1 Å². The van der Waals surface area contributed by atoms with Crippen molar-refractivity contribution in [3.8, 4) is 0 Å². The summed E-state index contributed by atoms with van der Waals surface area (Å²) in [6.07, 6.45) is 5.58. The van der Waals surface area contributed by atoms with E-state index in [1.165, 1.54) is 12.8 Å². The van der Waals surface area contributed by atoms with Gasteiger partial charge in [-0.15, -0.1) is 0 Å². The lowest BCUT2D eigenvalue weighted by atomic mass is 10.0. The van der Waals surface area contributed by atoms with Crippen molar-refractivity contribution in [1.29, 1.82) is 0 Å². The standard InChI is InChI=1S/C12H22N2O2/c15-12(10-3-2-8-16-9-10)14-7-5-11-4-1-6-13-11/h10-11,13H,1-9H2,(H,14,15)/t10?,11-/m0/s1. The van der Waals surface area contributed by atoms with Gasteiger partial charge in [0.15, 0.2) is 0 Å². The molecule has 0 radical (unpaired) electrons. The van der Waals surface area contributed by atoms with Gasteiger partial charge in [0.1, 0.15) is 0 Å². The number of hydrogen-bond acceptors (Lipinski definition) is 3. The van der Waals surface area contributed by atoms with Crippen LogP contribution in [0.3, 0.4) is 0 Å². The van der Waals surface area contributed by atoms with Crippen molar-refractivity contribution in [3.05, 3.63) is 0 Å². The minimum Gasteiger partial charge on any atom is -0.381 e. The summed E-state index contributed by atoms with van der Waals surface area (Å²) in [5.41, 5.74) is 0. The van der Waals surface area contributed by atoms with E-state index < -0.39 is 0 Å². The van der Waals surface area contributed by atoms with Crippen LogP contribution in [0, 0.1) is 5.92 Å². The van der Waals surface area contributed by atoms with Crippen LogP contribution >= 0.6 is 0 Å². The number of rotatable bonds is 4. The predicted octanol–water partition coefficient (Wildman–Crippen LogP) is 0.671. The molecule has 2 saturated heterocycles. The number of nitrogens with one attached hydrogen (secondary N) is 2. The number of carbonyl (C=O) groups is 1. The summed E-state index contributed by atoms with van der Waals surface area (Å²) in [5, 5.41) is 6.45. The Morgan fingerprint density at radius 2 is 2.31 bits per heavy atom. The maximum atomic E-state index is 11.8. The van der Waals surface area contributed by atoms with E-state index in [4.69, 9.17) is 4.74 Å². The molecular weight excluding hydrogens is 204 g/mol. The first-order chi connectivity index (χ1) is 7.86. The van der Waals surface area contributed by atoms with Crippen LogP contribution in [0.15, 0.2) is 0 Å². The number of carbonyl (C=O) groups excluding carboxylic acids is 1. The van der Waals surface area contributed by atoms with Crippen LogP contribution in [0.4, 0.5) is 0 Å². The minimum atomic E-state index is 0.0882. The molecule has 1 amide bonds. The van der Waals surface area contributed by atoms with Gasteiger partial charge in [-0.05, 0) is 38.6 Å². The quantitative estimate of drug-likeness (QED) is 0.741. The second-order valence-corrected chi connectivity index (χ2v) is 4.79. The molecule has 0 aromatic heterocycles. The lowest BCUT2D eigenvalue weighted by molar-refractivity contribution is -0.128. The first-order valence-electron chi connectivity index (χ1n) is 6.45. The lowest BCUT2D eigenvalue weighted by Gasteiger charge is -2.21. The van der Waals surface area contributed by atoms with Crippen molar-refractivity contribution >= 4 is 5.91 Å². The molecule has 0 aliphatic carbocycles. The highest BCUT2D eigenvalue weighted by atomic mass is 16.5. The molecule has 2 atom stereocenters. The van der Waals surface area contributed by atoms with Crippen LogP contribution < -0.4 is 10.6 Å². The monoisotopic (exact) mass is 226 g/mol. The Kier molecular flexibility index (Phi) is 4.60. The van der Waals surface area contributed by atoms with E-state index in [0.717, 1.165) is 39.0 Å². The summed E-state index contributed by atoms with van der Waals surface area (Å²) < 4.78 is 5.31. The fraction of sp³-hybridized carbons (Fsp3) is 0.917. The maximum Gasteiger partial charge on any atom is 0.225 e. The molecule has 0 aromatic carbocycles. The summed E-state index contributed by atoms with van der Waals surface area (Å²) in [6, 6.07) is 0.614. The first kappa shape index (κ1) is 11.9. The first-order valence-corrected chi connectivity index (χ1v) is 6.45. The van der Waals surface area contributed by atoms with Gasteiger partial charge in [-0.1, -0.05) is 0 Å².